The molecule has 0 bridgehead atoms. The highest BCUT2D eigenvalue weighted by Crippen LogP contribution is 2.36. The van der Waals surface area contributed by atoms with Gasteiger partial charge in [0, 0.05) is 5.39 Å². The first-order valence-corrected chi connectivity index (χ1v) is 9.57. The van der Waals surface area contributed by atoms with E-state index >= 15 is 0 Å². The van der Waals surface area contributed by atoms with Gasteiger partial charge in [0.05, 0.1) is 22.3 Å². The summed E-state index contributed by atoms with van der Waals surface area (Å²) in [6, 6.07) is 19.1. The van der Waals surface area contributed by atoms with Crippen LogP contribution in [0.2, 0.25) is 0 Å². The molecule has 5 aromatic rings. The van der Waals surface area contributed by atoms with Gasteiger partial charge in [-0.3, -0.25) is 4.57 Å². The van der Waals surface area contributed by atoms with E-state index in [2.05, 4.69) is 74.7 Å². The highest BCUT2D eigenvalue weighted by Gasteiger charge is 2.20. The van der Waals surface area contributed by atoms with Crippen LogP contribution >= 0.6 is 0 Å². The lowest BCUT2D eigenvalue weighted by atomic mass is 10.0. The molecule has 0 fully saturated rings. The summed E-state index contributed by atoms with van der Waals surface area (Å²) in [5, 5.41) is 1.10. The Hall–Kier alpha value is -3.33. The molecule has 2 aromatic heterocycles. The van der Waals surface area contributed by atoms with Gasteiger partial charge >= 0.3 is 0 Å². The number of fused-ring (bicyclic) bond motifs is 2. The minimum absolute atomic E-state index is 0.886. The van der Waals surface area contributed by atoms with Gasteiger partial charge in [-0.2, -0.15) is 0 Å². The van der Waals surface area contributed by atoms with Crippen LogP contribution in [-0.2, 0) is 0 Å². The summed E-state index contributed by atoms with van der Waals surface area (Å²) in [6.07, 6.45) is 1.83. The maximum absolute atomic E-state index is 5.87. The number of hydrogen-bond donors (Lipinski definition) is 0. The lowest BCUT2D eigenvalue weighted by Gasteiger charge is -2.16. The largest absolute Gasteiger partial charge is 0.464 e. The monoisotopic (exact) mass is 366 g/mol. The number of aromatic nitrogens is 2. The van der Waals surface area contributed by atoms with E-state index < -0.39 is 0 Å². The third-order valence-corrected chi connectivity index (χ3v) is 5.39. The van der Waals surface area contributed by atoms with Crippen molar-refractivity contribution >= 4 is 22.0 Å². The summed E-state index contributed by atoms with van der Waals surface area (Å²) in [5.41, 5.74) is 10.2. The number of furan rings is 1. The van der Waals surface area contributed by atoms with Crippen LogP contribution in [0.15, 0.2) is 65.3 Å². The number of nitrogens with zero attached hydrogens (tertiary/aromatic N) is 2. The summed E-state index contributed by atoms with van der Waals surface area (Å²) in [5.74, 6) is 0.917. The van der Waals surface area contributed by atoms with Crippen molar-refractivity contribution in [3.63, 3.8) is 0 Å². The van der Waals surface area contributed by atoms with Crippen LogP contribution in [0.4, 0.5) is 0 Å². The van der Waals surface area contributed by atoms with E-state index in [1.807, 2.05) is 18.4 Å². The van der Waals surface area contributed by atoms with Crippen molar-refractivity contribution in [1.82, 2.24) is 9.55 Å². The molecule has 0 unspecified atom stereocenters. The maximum atomic E-state index is 5.87. The molecular weight excluding hydrogens is 344 g/mol. The van der Waals surface area contributed by atoms with Crippen molar-refractivity contribution < 1.29 is 4.42 Å². The lowest BCUT2D eigenvalue weighted by molar-refractivity contribution is 0.616. The first-order chi connectivity index (χ1) is 13.5. The first-order valence-electron chi connectivity index (χ1n) is 9.57. The summed E-state index contributed by atoms with van der Waals surface area (Å²) in [6.45, 7) is 8.59. The standard InChI is InChI=1S/C25H22N2O/c1-15-9-10-23-19(13-15)20(14-28-23)25-26-21-7-5-6-8-22(21)27(25)24-17(3)11-16(2)12-18(24)4/h5-14H,1-4H3. The molecule has 28 heavy (non-hydrogen) atoms. The second-order valence-corrected chi connectivity index (χ2v) is 7.66. The normalized spacial score (nSPS) is 11.6. The summed E-state index contributed by atoms with van der Waals surface area (Å²) >= 11 is 0. The first kappa shape index (κ1) is 16.8. The molecule has 0 saturated heterocycles. The lowest BCUT2D eigenvalue weighted by Crippen LogP contribution is -2.03. The van der Waals surface area contributed by atoms with Crippen molar-refractivity contribution in [2.45, 2.75) is 27.7 Å². The van der Waals surface area contributed by atoms with Gasteiger partial charge in [-0.25, -0.2) is 4.98 Å². The van der Waals surface area contributed by atoms with Crippen molar-refractivity contribution in [2.24, 2.45) is 0 Å². The van der Waals surface area contributed by atoms with E-state index in [0.717, 1.165) is 33.4 Å². The number of hydrogen-bond acceptors (Lipinski definition) is 2. The van der Waals surface area contributed by atoms with Crippen LogP contribution in [0.1, 0.15) is 22.3 Å². The van der Waals surface area contributed by atoms with E-state index in [9.17, 15) is 0 Å². The van der Waals surface area contributed by atoms with Gasteiger partial charge in [0.2, 0.25) is 0 Å². The van der Waals surface area contributed by atoms with Gasteiger partial charge in [0.25, 0.3) is 0 Å². The molecule has 3 heteroatoms. The van der Waals surface area contributed by atoms with Crippen molar-refractivity contribution in [1.29, 1.82) is 0 Å². The summed E-state index contributed by atoms with van der Waals surface area (Å²) < 4.78 is 8.16. The van der Waals surface area contributed by atoms with Gasteiger partial charge in [-0.05, 0) is 63.1 Å². The number of aryl methyl sites for hydroxylation is 4. The molecule has 0 N–H and O–H groups in total. The van der Waals surface area contributed by atoms with Crippen LogP contribution < -0.4 is 0 Å². The molecule has 0 aliphatic heterocycles. The molecule has 138 valence electrons. The SMILES string of the molecule is Cc1cc(C)c(-n2c(-c3coc4ccc(C)cc34)nc3ccccc32)c(C)c1. The fourth-order valence-electron chi connectivity index (χ4n) is 4.27. The maximum Gasteiger partial charge on any atom is 0.149 e. The molecule has 3 nitrogen and oxygen atoms in total. The molecule has 0 radical (unpaired) electrons. The van der Waals surface area contributed by atoms with Gasteiger partial charge < -0.3 is 4.42 Å². The number of rotatable bonds is 2. The summed E-state index contributed by atoms with van der Waals surface area (Å²) in [4.78, 5) is 5.02. The van der Waals surface area contributed by atoms with Crippen LogP contribution in [0.5, 0.6) is 0 Å². The molecular formula is C25H22N2O. The third kappa shape index (κ3) is 2.47. The Morgan fingerprint density at radius 1 is 0.821 bits per heavy atom. The van der Waals surface area contributed by atoms with E-state index in [4.69, 9.17) is 9.40 Å². The highest BCUT2D eigenvalue weighted by molar-refractivity contribution is 5.95. The zero-order valence-electron chi connectivity index (χ0n) is 16.6. The zero-order valence-corrected chi connectivity index (χ0v) is 16.6. The smallest absolute Gasteiger partial charge is 0.149 e. The van der Waals surface area contributed by atoms with Crippen LogP contribution in [0.25, 0.3) is 39.1 Å². The van der Waals surface area contributed by atoms with Gasteiger partial charge in [0.1, 0.15) is 17.7 Å². The number of benzene rings is 3. The Morgan fingerprint density at radius 3 is 2.36 bits per heavy atom. The van der Waals surface area contributed by atoms with Crippen LogP contribution in [0, 0.1) is 27.7 Å². The molecule has 0 saturated carbocycles. The number of para-hydroxylation sites is 2. The van der Waals surface area contributed by atoms with Crippen LogP contribution in [0.3, 0.4) is 0 Å². The van der Waals surface area contributed by atoms with Crippen molar-refractivity contribution in [3.8, 4) is 17.1 Å². The second kappa shape index (κ2) is 6.10. The van der Waals surface area contributed by atoms with E-state index in [1.165, 1.54) is 27.9 Å². The predicted octanol–water partition coefficient (Wildman–Crippen LogP) is 6.67. The molecule has 3 aromatic carbocycles. The van der Waals surface area contributed by atoms with Gasteiger partial charge in [-0.15, -0.1) is 0 Å². The summed E-state index contributed by atoms with van der Waals surface area (Å²) in [7, 11) is 0. The Morgan fingerprint density at radius 2 is 1.57 bits per heavy atom. The van der Waals surface area contributed by atoms with Gasteiger partial charge in [-0.1, -0.05) is 41.5 Å². The quantitative estimate of drug-likeness (QED) is 0.349. The molecule has 5 rings (SSSR count). The average molecular weight is 366 g/mol. The molecule has 0 atom stereocenters. The Kier molecular flexibility index (Phi) is 3.66. The molecule has 0 amide bonds. The topological polar surface area (TPSA) is 31.0 Å². The van der Waals surface area contributed by atoms with E-state index in [-0.39, 0.29) is 0 Å². The minimum Gasteiger partial charge on any atom is -0.464 e. The minimum atomic E-state index is 0.886. The Balaban J connectivity index is 1.91. The second-order valence-electron chi connectivity index (χ2n) is 7.66. The molecule has 0 aliphatic rings. The van der Waals surface area contributed by atoms with E-state index in [0.29, 0.717) is 0 Å². The fraction of sp³-hybridized carbons (Fsp3) is 0.160. The Bertz CT molecular complexity index is 1330. The van der Waals surface area contributed by atoms with E-state index in [1.54, 1.807) is 0 Å². The molecule has 2 heterocycles. The van der Waals surface area contributed by atoms with Gasteiger partial charge in [0.15, 0.2) is 0 Å². The van der Waals surface area contributed by atoms with Crippen LogP contribution in [-0.4, -0.2) is 9.55 Å². The zero-order chi connectivity index (χ0) is 19.4. The third-order valence-electron chi connectivity index (χ3n) is 5.39. The fourth-order valence-corrected chi connectivity index (χ4v) is 4.27. The predicted molar refractivity (Wildman–Crippen MR) is 115 cm³/mol. The Labute approximate surface area is 164 Å². The number of imidazole rings is 1. The average Bonchev–Trinajstić information content (AvgIpc) is 3.22. The molecule has 0 aliphatic carbocycles. The van der Waals surface area contributed by atoms with Crippen molar-refractivity contribution in [2.75, 3.05) is 0 Å². The van der Waals surface area contributed by atoms with Crippen molar-refractivity contribution in [3.05, 3.63) is 83.1 Å². The highest BCUT2D eigenvalue weighted by atomic mass is 16.3. The molecule has 0 spiro atoms.